The van der Waals surface area contributed by atoms with Crippen LogP contribution in [0, 0.1) is 0 Å². The molecule has 1 N–H and O–H groups in total. The Balaban J connectivity index is 1.52. The van der Waals surface area contributed by atoms with E-state index in [2.05, 4.69) is 15.4 Å². The van der Waals surface area contributed by atoms with Crippen LogP contribution >= 0.6 is 0 Å². The number of amides is 1. The summed E-state index contributed by atoms with van der Waals surface area (Å²) in [7, 11) is 4.92. The van der Waals surface area contributed by atoms with Gasteiger partial charge >= 0.3 is 0 Å². The largest absolute Gasteiger partial charge is 0.497 e. The second-order valence-electron chi connectivity index (χ2n) is 6.81. The van der Waals surface area contributed by atoms with Crippen LogP contribution in [-0.2, 0) is 13.6 Å². The van der Waals surface area contributed by atoms with Gasteiger partial charge in [0.05, 0.1) is 26.2 Å². The summed E-state index contributed by atoms with van der Waals surface area (Å²) in [4.78, 5) is 17.1. The number of nitrogens with zero attached hydrogens (tertiary/aromatic N) is 3. The maximum Gasteiger partial charge on any atom is 0.269 e. The van der Waals surface area contributed by atoms with Crippen molar-refractivity contribution in [2.75, 3.05) is 14.2 Å². The summed E-state index contributed by atoms with van der Waals surface area (Å²) >= 11 is 0. The second-order valence-corrected chi connectivity index (χ2v) is 6.81. The topological polar surface area (TPSA) is 91.4 Å². The molecule has 0 fully saturated rings. The van der Waals surface area contributed by atoms with Crippen LogP contribution in [0.2, 0.25) is 0 Å². The molecule has 31 heavy (non-hydrogen) atoms. The van der Waals surface area contributed by atoms with Crippen LogP contribution in [0.25, 0.3) is 22.7 Å². The first-order valence-corrected chi connectivity index (χ1v) is 9.62. The standard InChI is InChI=1S/C23H22N4O4/c1-27-20(13-18(26-27)17-12-16(29-2)6-7-21(17)30-3)23(28)25-14-15-8-9-24-19(11-15)22-5-4-10-31-22/h4-13H,14H2,1-3H3,(H,25,28). The van der Waals surface area contributed by atoms with E-state index in [-0.39, 0.29) is 5.91 Å². The number of furan rings is 1. The molecule has 0 bridgehead atoms. The Morgan fingerprint density at radius 2 is 1.97 bits per heavy atom. The minimum atomic E-state index is -0.237. The van der Waals surface area contributed by atoms with E-state index in [4.69, 9.17) is 13.9 Å². The van der Waals surface area contributed by atoms with Crippen molar-refractivity contribution < 1.29 is 18.7 Å². The number of hydrogen-bond donors (Lipinski definition) is 1. The van der Waals surface area contributed by atoms with E-state index in [9.17, 15) is 4.79 Å². The molecular weight excluding hydrogens is 396 g/mol. The van der Waals surface area contributed by atoms with Crippen molar-refractivity contribution in [3.63, 3.8) is 0 Å². The normalized spacial score (nSPS) is 10.7. The van der Waals surface area contributed by atoms with Gasteiger partial charge in [0.1, 0.15) is 22.9 Å². The number of ether oxygens (including phenoxy) is 2. The molecule has 0 unspecified atom stereocenters. The SMILES string of the molecule is COc1ccc(OC)c(-c2cc(C(=O)NCc3ccnc(-c4ccco4)c3)n(C)n2)c1. The number of pyridine rings is 1. The Morgan fingerprint density at radius 3 is 2.71 bits per heavy atom. The number of carbonyl (C=O) groups is 1. The molecule has 158 valence electrons. The van der Waals surface area contributed by atoms with Crippen molar-refractivity contribution in [3.8, 4) is 34.2 Å². The van der Waals surface area contributed by atoms with Gasteiger partial charge in [0.2, 0.25) is 0 Å². The average Bonchev–Trinajstić information content (AvgIpc) is 3.47. The fourth-order valence-corrected chi connectivity index (χ4v) is 3.24. The summed E-state index contributed by atoms with van der Waals surface area (Å²) in [5.74, 6) is 1.77. The predicted octanol–water partition coefficient (Wildman–Crippen LogP) is 3.69. The Morgan fingerprint density at radius 1 is 1.10 bits per heavy atom. The van der Waals surface area contributed by atoms with Gasteiger partial charge in [0, 0.05) is 25.4 Å². The van der Waals surface area contributed by atoms with Gasteiger partial charge in [0.15, 0.2) is 5.76 Å². The Kier molecular flexibility index (Phi) is 5.70. The van der Waals surface area contributed by atoms with E-state index >= 15 is 0 Å². The van der Waals surface area contributed by atoms with Gasteiger partial charge in [-0.3, -0.25) is 14.5 Å². The molecule has 0 aliphatic heterocycles. The molecule has 0 saturated carbocycles. The van der Waals surface area contributed by atoms with Gasteiger partial charge in [-0.25, -0.2) is 0 Å². The molecule has 0 aliphatic rings. The van der Waals surface area contributed by atoms with E-state index in [1.165, 1.54) is 0 Å². The second kappa shape index (κ2) is 8.74. The van der Waals surface area contributed by atoms with Gasteiger partial charge in [-0.2, -0.15) is 5.10 Å². The molecule has 0 radical (unpaired) electrons. The minimum Gasteiger partial charge on any atom is -0.497 e. The fourth-order valence-electron chi connectivity index (χ4n) is 3.24. The van der Waals surface area contributed by atoms with Crippen molar-refractivity contribution in [1.29, 1.82) is 0 Å². The Labute approximate surface area is 179 Å². The predicted molar refractivity (Wildman–Crippen MR) is 115 cm³/mol. The molecule has 1 amide bonds. The molecule has 8 heteroatoms. The summed E-state index contributed by atoms with van der Waals surface area (Å²) < 4.78 is 17.7. The first kappa shape index (κ1) is 20.2. The van der Waals surface area contributed by atoms with E-state index in [0.29, 0.717) is 40.9 Å². The lowest BCUT2D eigenvalue weighted by atomic mass is 10.1. The lowest BCUT2D eigenvalue weighted by Crippen LogP contribution is -2.25. The van der Waals surface area contributed by atoms with Crippen LogP contribution in [0.15, 0.2) is 65.4 Å². The molecular formula is C23H22N4O4. The maximum absolute atomic E-state index is 12.8. The van der Waals surface area contributed by atoms with Crippen molar-refractivity contribution in [2.24, 2.45) is 7.05 Å². The molecule has 4 rings (SSSR count). The van der Waals surface area contributed by atoms with E-state index in [1.807, 2.05) is 42.5 Å². The van der Waals surface area contributed by atoms with Crippen LogP contribution in [-0.4, -0.2) is 34.9 Å². The molecule has 1 aromatic carbocycles. The lowest BCUT2D eigenvalue weighted by molar-refractivity contribution is 0.0941. The quantitative estimate of drug-likeness (QED) is 0.492. The highest BCUT2D eigenvalue weighted by molar-refractivity contribution is 5.94. The van der Waals surface area contributed by atoms with Crippen molar-refractivity contribution in [2.45, 2.75) is 6.54 Å². The molecule has 0 saturated heterocycles. The van der Waals surface area contributed by atoms with Gasteiger partial charge in [-0.1, -0.05) is 0 Å². The van der Waals surface area contributed by atoms with E-state index in [1.54, 1.807) is 44.5 Å². The summed E-state index contributed by atoms with van der Waals surface area (Å²) in [6.45, 7) is 0.345. The zero-order chi connectivity index (χ0) is 21.8. The lowest BCUT2D eigenvalue weighted by Gasteiger charge is -2.08. The Bertz CT molecular complexity index is 1200. The van der Waals surface area contributed by atoms with Gasteiger partial charge < -0.3 is 19.2 Å². The number of carbonyl (C=O) groups excluding carboxylic acids is 1. The van der Waals surface area contributed by atoms with Crippen LogP contribution in [0.5, 0.6) is 11.5 Å². The zero-order valence-corrected chi connectivity index (χ0v) is 17.5. The van der Waals surface area contributed by atoms with Crippen molar-refractivity contribution >= 4 is 5.91 Å². The summed E-state index contributed by atoms with van der Waals surface area (Å²) in [6, 6.07) is 14.6. The molecule has 3 heterocycles. The zero-order valence-electron chi connectivity index (χ0n) is 17.5. The van der Waals surface area contributed by atoms with Crippen LogP contribution in [0.3, 0.4) is 0 Å². The van der Waals surface area contributed by atoms with Gasteiger partial charge in [-0.15, -0.1) is 0 Å². The van der Waals surface area contributed by atoms with E-state index in [0.717, 1.165) is 11.1 Å². The molecule has 0 atom stereocenters. The number of methoxy groups -OCH3 is 2. The number of benzene rings is 1. The highest BCUT2D eigenvalue weighted by Gasteiger charge is 2.17. The van der Waals surface area contributed by atoms with Gasteiger partial charge in [-0.05, 0) is 54.1 Å². The number of nitrogens with one attached hydrogen (secondary N) is 1. The smallest absolute Gasteiger partial charge is 0.269 e. The first-order valence-electron chi connectivity index (χ1n) is 9.62. The number of rotatable bonds is 7. The van der Waals surface area contributed by atoms with E-state index < -0.39 is 0 Å². The average molecular weight is 418 g/mol. The van der Waals surface area contributed by atoms with Crippen molar-refractivity contribution in [1.82, 2.24) is 20.1 Å². The highest BCUT2D eigenvalue weighted by atomic mass is 16.5. The summed E-state index contributed by atoms with van der Waals surface area (Å²) in [5, 5.41) is 7.42. The van der Waals surface area contributed by atoms with Crippen LogP contribution < -0.4 is 14.8 Å². The summed E-state index contributed by atoms with van der Waals surface area (Å²) in [6.07, 6.45) is 3.29. The third kappa shape index (κ3) is 4.28. The highest BCUT2D eigenvalue weighted by Crippen LogP contribution is 2.33. The third-order valence-corrected chi connectivity index (χ3v) is 4.85. The number of hydrogen-bond acceptors (Lipinski definition) is 6. The number of aryl methyl sites for hydroxylation is 1. The number of aromatic nitrogens is 3. The Hall–Kier alpha value is -4.07. The third-order valence-electron chi connectivity index (χ3n) is 4.85. The molecule has 8 nitrogen and oxygen atoms in total. The molecule has 4 aromatic rings. The van der Waals surface area contributed by atoms with Crippen LogP contribution in [0.1, 0.15) is 16.1 Å². The van der Waals surface area contributed by atoms with Crippen LogP contribution in [0.4, 0.5) is 0 Å². The van der Waals surface area contributed by atoms with Crippen molar-refractivity contribution in [3.05, 3.63) is 72.2 Å². The summed E-state index contributed by atoms with van der Waals surface area (Å²) in [5.41, 5.74) is 3.41. The monoisotopic (exact) mass is 418 g/mol. The maximum atomic E-state index is 12.8. The fraction of sp³-hybridized carbons (Fsp3) is 0.174. The first-order chi connectivity index (χ1) is 15.1. The molecule has 0 spiro atoms. The van der Waals surface area contributed by atoms with Gasteiger partial charge in [0.25, 0.3) is 5.91 Å². The minimum absolute atomic E-state index is 0.237. The molecule has 3 aromatic heterocycles. The molecule has 0 aliphatic carbocycles.